The third-order valence-electron chi connectivity index (χ3n) is 4.48. The average Bonchev–Trinajstić information content (AvgIpc) is 2.97. The molecule has 3 N–H and O–H groups in total. The van der Waals surface area contributed by atoms with Crippen molar-refractivity contribution in [2.75, 3.05) is 17.2 Å². The van der Waals surface area contributed by atoms with Gasteiger partial charge in [-0.3, -0.25) is 4.79 Å². The summed E-state index contributed by atoms with van der Waals surface area (Å²) in [5.74, 6) is -0.666. The highest BCUT2D eigenvalue weighted by Gasteiger charge is 2.18. The number of para-hydroxylation sites is 1. The molecule has 3 aromatic rings. The average molecular weight is 394 g/mol. The molecule has 0 spiro atoms. The van der Waals surface area contributed by atoms with Gasteiger partial charge in [-0.2, -0.15) is 0 Å². The van der Waals surface area contributed by atoms with Gasteiger partial charge in [-0.25, -0.2) is 9.18 Å². The molecule has 1 aromatic heterocycles. The Bertz CT molecular complexity index is 1060. The molecular formula is C22H23FN4O2. The van der Waals surface area contributed by atoms with Gasteiger partial charge in [0, 0.05) is 29.3 Å². The minimum Gasteiger partial charge on any atom is -0.338 e. The topological polar surface area (TPSA) is 75.2 Å². The Morgan fingerprint density at radius 2 is 1.66 bits per heavy atom. The number of urea groups is 1. The molecule has 0 radical (unpaired) electrons. The zero-order valence-electron chi connectivity index (χ0n) is 16.5. The number of nitrogens with zero attached hydrogens (tertiary/aromatic N) is 1. The van der Waals surface area contributed by atoms with Crippen molar-refractivity contribution in [2.45, 2.75) is 20.8 Å². The summed E-state index contributed by atoms with van der Waals surface area (Å²) in [6, 6.07) is 14.7. The van der Waals surface area contributed by atoms with Crippen molar-refractivity contribution >= 4 is 23.3 Å². The number of carbonyl (C=O) groups excluding carboxylic acids is 2. The first-order chi connectivity index (χ1) is 13.9. The van der Waals surface area contributed by atoms with Crippen LogP contribution >= 0.6 is 0 Å². The van der Waals surface area contributed by atoms with E-state index in [1.54, 1.807) is 60.0 Å². The predicted molar refractivity (Wildman–Crippen MR) is 112 cm³/mol. The molecule has 3 amide bonds. The normalized spacial score (nSPS) is 10.5. The van der Waals surface area contributed by atoms with Crippen LogP contribution in [0, 0.1) is 19.7 Å². The Labute approximate surface area is 168 Å². The first-order valence-corrected chi connectivity index (χ1v) is 9.30. The van der Waals surface area contributed by atoms with Gasteiger partial charge >= 0.3 is 6.03 Å². The summed E-state index contributed by atoms with van der Waals surface area (Å²) in [4.78, 5) is 24.5. The van der Waals surface area contributed by atoms with Crippen LogP contribution in [0.15, 0.2) is 54.6 Å². The summed E-state index contributed by atoms with van der Waals surface area (Å²) in [6.07, 6.45) is 0. The van der Waals surface area contributed by atoms with Crippen molar-refractivity contribution in [3.05, 3.63) is 77.4 Å². The molecule has 0 bridgehead atoms. The van der Waals surface area contributed by atoms with Crippen LogP contribution in [0.4, 0.5) is 20.6 Å². The number of hydrogen-bond acceptors (Lipinski definition) is 2. The van der Waals surface area contributed by atoms with Crippen LogP contribution in [0.5, 0.6) is 0 Å². The molecule has 1 heterocycles. The lowest BCUT2D eigenvalue weighted by Crippen LogP contribution is -2.28. The summed E-state index contributed by atoms with van der Waals surface area (Å²) < 4.78 is 16.0. The highest BCUT2D eigenvalue weighted by Crippen LogP contribution is 2.24. The largest absolute Gasteiger partial charge is 0.338 e. The van der Waals surface area contributed by atoms with Gasteiger partial charge in [0.25, 0.3) is 5.91 Å². The third kappa shape index (κ3) is 4.45. The zero-order valence-corrected chi connectivity index (χ0v) is 16.5. The van der Waals surface area contributed by atoms with Crippen LogP contribution in [-0.2, 0) is 0 Å². The van der Waals surface area contributed by atoms with Crippen molar-refractivity contribution in [3.63, 3.8) is 0 Å². The Morgan fingerprint density at radius 1 is 0.966 bits per heavy atom. The van der Waals surface area contributed by atoms with E-state index in [1.165, 1.54) is 6.07 Å². The van der Waals surface area contributed by atoms with Crippen LogP contribution in [0.25, 0.3) is 5.69 Å². The smallest absolute Gasteiger partial charge is 0.319 e. The monoisotopic (exact) mass is 394 g/mol. The third-order valence-corrected chi connectivity index (χ3v) is 4.48. The molecule has 2 aromatic carbocycles. The number of anilines is 2. The van der Waals surface area contributed by atoms with Gasteiger partial charge in [0.1, 0.15) is 5.82 Å². The van der Waals surface area contributed by atoms with E-state index in [4.69, 9.17) is 0 Å². The quantitative estimate of drug-likeness (QED) is 0.590. The van der Waals surface area contributed by atoms with Gasteiger partial charge in [0.15, 0.2) is 0 Å². The first-order valence-electron chi connectivity index (χ1n) is 9.30. The fraction of sp³-hybridized carbons (Fsp3) is 0.182. The van der Waals surface area contributed by atoms with Crippen molar-refractivity contribution in [1.82, 2.24) is 9.88 Å². The fourth-order valence-corrected chi connectivity index (χ4v) is 3.21. The van der Waals surface area contributed by atoms with Gasteiger partial charge in [0.05, 0.1) is 11.3 Å². The van der Waals surface area contributed by atoms with Crippen LogP contribution in [0.2, 0.25) is 0 Å². The second-order valence-corrected chi connectivity index (χ2v) is 6.59. The van der Waals surface area contributed by atoms with Gasteiger partial charge in [-0.05, 0) is 57.2 Å². The Balaban J connectivity index is 1.83. The van der Waals surface area contributed by atoms with E-state index in [0.29, 0.717) is 34.9 Å². The number of nitrogens with one attached hydrogen (secondary N) is 3. The van der Waals surface area contributed by atoms with E-state index in [-0.39, 0.29) is 17.8 Å². The molecule has 6 nitrogen and oxygen atoms in total. The summed E-state index contributed by atoms with van der Waals surface area (Å²) in [5.41, 5.74) is 3.35. The maximum atomic E-state index is 14.2. The fourth-order valence-electron chi connectivity index (χ4n) is 3.21. The maximum absolute atomic E-state index is 14.2. The molecule has 0 aliphatic rings. The number of hydrogen-bond donors (Lipinski definition) is 3. The minimum atomic E-state index is -0.356. The first kappa shape index (κ1) is 20.1. The molecule has 0 unspecified atom stereocenters. The minimum absolute atomic E-state index is 0.309. The van der Waals surface area contributed by atoms with Crippen LogP contribution in [-0.4, -0.2) is 23.1 Å². The maximum Gasteiger partial charge on any atom is 0.319 e. The lowest BCUT2D eigenvalue weighted by molar-refractivity contribution is 0.102. The molecule has 29 heavy (non-hydrogen) atoms. The van der Waals surface area contributed by atoms with Crippen LogP contribution < -0.4 is 16.0 Å². The molecule has 150 valence electrons. The van der Waals surface area contributed by atoms with Crippen molar-refractivity contribution in [1.29, 1.82) is 0 Å². The van der Waals surface area contributed by atoms with Gasteiger partial charge in [0.2, 0.25) is 0 Å². The molecule has 3 rings (SSSR count). The summed E-state index contributed by atoms with van der Waals surface area (Å²) in [5, 5.41) is 8.18. The number of carbonyl (C=O) groups is 2. The van der Waals surface area contributed by atoms with Crippen molar-refractivity contribution in [2.24, 2.45) is 0 Å². The standard InChI is InChI=1S/C22H23FN4O2/c1-4-24-22(29)26-17-9-7-8-16(13-17)25-21(28)18-12-14(2)27(15(18)3)20-11-6-5-10-19(20)23/h5-13H,4H2,1-3H3,(H,25,28)(H2,24,26,29). The van der Waals surface area contributed by atoms with E-state index in [2.05, 4.69) is 16.0 Å². The molecule has 0 atom stereocenters. The van der Waals surface area contributed by atoms with Crippen LogP contribution in [0.1, 0.15) is 28.7 Å². The number of amides is 3. The second kappa shape index (κ2) is 8.60. The van der Waals surface area contributed by atoms with E-state index in [1.807, 2.05) is 13.8 Å². The lowest BCUT2D eigenvalue weighted by Gasteiger charge is -2.11. The van der Waals surface area contributed by atoms with E-state index >= 15 is 0 Å². The summed E-state index contributed by atoms with van der Waals surface area (Å²) in [7, 11) is 0. The Hall–Kier alpha value is -3.61. The predicted octanol–water partition coefficient (Wildman–Crippen LogP) is 4.63. The van der Waals surface area contributed by atoms with E-state index in [9.17, 15) is 14.0 Å². The lowest BCUT2D eigenvalue weighted by atomic mass is 10.2. The van der Waals surface area contributed by atoms with Crippen LogP contribution in [0.3, 0.4) is 0 Å². The number of aromatic nitrogens is 1. The molecule has 0 aliphatic carbocycles. The second-order valence-electron chi connectivity index (χ2n) is 6.59. The number of halogens is 1. The van der Waals surface area contributed by atoms with Gasteiger partial charge in [-0.1, -0.05) is 18.2 Å². The zero-order chi connectivity index (χ0) is 21.0. The van der Waals surface area contributed by atoms with E-state index in [0.717, 1.165) is 5.69 Å². The van der Waals surface area contributed by atoms with Gasteiger partial charge < -0.3 is 20.5 Å². The van der Waals surface area contributed by atoms with E-state index < -0.39 is 0 Å². The highest BCUT2D eigenvalue weighted by molar-refractivity contribution is 6.05. The molecule has 0 saturated heterocycles. The van der Waals surface area contributed by atoms with Crippen molar-refractivity contribution < 1.29 is 14.0 Å². The number of aryl methyl sites for hydroxylation is 1. The Kier molecular flexibility index (Phi) is 5.97. The molecule has 0 aliphatic heterocycles. The molecule has 0 fully saturated rings. The molecule has 7 heteroatoms. The van der Waals surface area contributed by atoms with Gasteiger partial charge in [-0.15, -0.1) is 0 Å². The SMILES string of the molecule is CCNC(=O)Nc1cccc(NC(=O)c2cc(C)n(-c3ccccc3F)c2C)c1. The number of rotatable bonds is 5. The summed E-state index contributed by atoms with van der Waals surface area (Å²) >= 11 is 0. The molecule has 0 saturated carbocycles. The number of benzene rings is 2. The van der Waals surface area contributed by atoms with Crippen molar-refractivity contribution in [3.8, 4) is 5.69 Å². The summed E-state index contributed by atoms with van der Waals surface area (Å²) in [6.45, 7) is 5.95. The Morgan fingerprint density at radius 3 is 2.34 bits per heavy atom. The molecular weight excluding hydrogens is 371 g/mol. The highest BCUT2D eigenvalue weighted by atomic mass is 19.1.